The van der Waals surface area contributed by atoms with Crippen LogP contribution in [0, 0.1) is 5.41 Å². The molecule has 1 unspecified atom stereocenters. The maximum Gasteiger partial charge on any atom is 0.433 e. The number of aromatic nitrogens is 3. The highest BCUT2D eigenvalue weighted by molar-refractivity contribution is 5.66. The van der Waals surface area contributed by atoms with Crippen LogP contribution in [0.4, 0.5) is 18.0 Å². The van der Waals surface area contributed by atoms with Crippen molar-refractivity contribution in [3.8, 4) is 11.4 Å². The summed E-state index contributed by atoms with van der Waals surface area (Å²) in [6.07, 6.45) is -2.99. The van der Waals surface area contributed by atoms with Crippen molar-refractivity contribution in [3.05, 3.63) is 41.5 Å². The summed E-state index contributed by atoms with van der Waals surface area (Å²) in [5.74, 6) is -0.774. The predicted octanol–water partition coefficient (Wildman–Crippen LogP) is 4.18. The minimum Gasteiger partial charge on any atom is -0.465 e. The van der Waals surface area contributed by atoms with Gasteiger partial charge < -0.3 is 10.0 Å². The molecular formula is C18H19F3N4O2. The summed E-state index contributed by atoms with van der Waals surface area (Å²) in [4.78, 5) is 24.6. The van der Waals surface area contributed by atoms with Crippen molar-refractivity contribution in [1.29, 1.82) is 0 Å². The van der Waals surface area contributed by atoms with Crippen LogP contribution in [0.5, 0.6) is 0 Å². The number of hydrogen-bond donors (Lipinski definition) is 1. The molecule has 3 heterocycles. The average molecular weight is 380 g/mol. The molecule has 1 N–H and O–H groups in total. The molecule has 0 bridgehead atoms. The van der Waals surface area contributed by atoms with Crippen LogP contribution in [-0.2, 0) is 12.7 Å². The zero-order valence-corrected chi connectivity index (χ0v) is 15.1. The van der Waals surface area contributed by atoms with E-state index in [9.17, 15) is 23.1 Å². The SMILES string of the molecule is CC(C)(C)C1CN(C(=O)O)Cc2nc(-c3ccncc3)nc(C(F)(F)F)c21. The number of nitrogens with zero attached hydrogens (tertiary/aromatic N) is 4. The van der Waals surface area contributed by atoms with Gasteiger partial charge in [0, 0.05) is 36.0 Å². The Morgan fingerprint density at radius 3 is 2.33 bits per heavy atom. The number of fused-ring (bicyclic) bond motifs is 1. The number of pyridine rings is 1. The molecule has 2 aromatic rings. The number of alkyl halides is 3. The first-order valence-electron chi connectivity index (χ1n) is 8.34. The van der Waals surface area contributed by atoms with Gasteiger partial charge in [0.25, 0.3) is 0 Å². The first kappa shape index (κ1) is 19.1. The largest absolute Gasteiger partial charge is 0.465 e. The number of carboxylic acid groups (broad SMARTS) is 1. The molecule has 0 saturated heterocycles. The fraction of sp³-hybridized carbons (Fsp3) is 0.444. The molecule has 2 aromatic heterocycles. The lowest BCUT2D eigenvalue weighted by atomic mass is 9.73. The first-order chi connectivity index (χ1) is 12.5. The zero-order chi connectivity index (χ0) is 20.0. The summed E-state index contributed by atoms with van der Waals surface area (Å²) >= 11 is 0. The lowest BCUT2D eigenvalue weighted by molar-refractivity contribution is -0.142. The Morgan fingerprint density at radius 1 is 1.19 bits per heavy atom. The van der Waals surface area contributed by atoms with E-state index >= 15 is 0 Å². The normalized spacial score (nSPS) is 17.6. The van der Waals surface area contributed by atoms with Crippen molar-refractivity contribution in [3.63, 3.8) is 0 Å². The molecule has 0 aliphatic carbocycles. The quantitative estimate of drug-likeness (QED) is 0.803. The summed E-state index contributed by atoms with van der Waals surface area (Å²) in [6.45, 7) is 5.10. The smallest absolute Gasteiger partial charge is 0.433 e. The summed E-state index contributed by atoms with van der Waals surface area (Å²) in [5.41, 5.74) is -1.13. The summed E-state index contributed by atoms with van der Waals surface area (Å²) in [6, 6.07) is 3.03. The van der Waals surface area contributed by atoms with Crippen molar-refractivity contribution >= 4 is 6.09 Å². The molecule has 0 fully saturated rings. The fourth-order valence-electron chi connectivity index (χ4n) is 3.26. The van der Waals surface area contributed by atoms with Gasteiger partial charge in [-0.05, 0) is 17.5 Å². The third-order valence-corrected chi connectivity index (χ3v) is 4.64. The van der Waals surface area contributed by atoms with E-state index in [0.29, 0.717) is 5.56 Å². The van der Waals surface area contributed by atoms with Gasteiger partial charge in [0.1, 0.15) is 0 Å². The van der Waals surface area contributed by atoms with Gasteiger partial charge in [0.2, 0.25) is 0 Å². The Hall–Kier alpha value is -2.71. The Kier molecular flexibility index (Phi) is 4.57. The average Bonchev–Trinajstić information content (AvgIpc) is 2.58. The van der Waals surface area contributed by atoms with Crippen molar-refractivity contribution in [2.45, 2.75) is 39.4 Å². The van der Waals surface area contributed by atoms with E-state index in [0.717, 1.165) is 4.90 Å². The van der Waals surface area contributed by atoms with Crippen LogP contribution >= 0.6 is 0 Å². The highest BCUT2D eigenvalue weighted by Gasteiger charge is 2.45. The second-order valence-electron chi connectivity index (χ2n) is 7.57. The van der Waals surface area contributed by atoms with Gasteiger partial charge in [-0.3, -0.25) is 4.98 Å². The van der Waals surface area contributed by atoms with Gasteiger partial charge in [0.05, 0.1) is 12.2 Å². The molecule has 9 heteroatoms. The number of rotatable bonds is 1. The summed E-state index contributed by atoms with van der Waals surface area (Å²) in [7, 11) is 0. The second-order valence-corrected chi connectivity index (χ2v) is 7.57. The van der Waals surface area contributed by atoms with Crippen molar-refractivity contribution in [2.75, 3.05) is 6.54 Å². The van der Waals surface area contributed by atoms with Crippen molar-refractivity contribution < 1.29 is 23.1 Å². The number of hydrogen-bond acceptors (Lipinski definition) is 4. The molecule has 0 aromatic carbocycles. The van der Waals surface area contributed by atoms with E-state index in [2.05, 4.69) is 15.0 Å². The van der Waals surface area contributed by atoms with Crippen LogP contribution < -0.4 is 0 Å². The maximum absolute atomic E-state index is 13.9. The molecule has 1 aliphatic heterocycles. The van der Waals surface area contributed by atoms with Crippen LogP contribution in [0.2, 0.25) is 0 Å². The second kappa shape index (κ2) is 6.47. The Labute approximate surface area is 154 Å². The third kappa shape index (κ3) is 3.72. The lowest BCUT2D eigenvalue weighted by Crippen LogP contribution is -2.43. The van der Waals surface area contributed by atoms with Crippen LogP contribution in [0.25, 0.3) is 11.4 Å². The van der Waals surface area contributed by atoms with Crippen molar-refractivity contribution in [2.24, 2.45) is 5.41 Å². The molecule has 1 atom stereocenters. The van der Waals surface area contributed by atoms with E-state index < -0.39 is 29.3 Å². The van der Waals surface area contributed by atoms with Gasteiger partial charge in [0.15, 0.2) is 11.5 Å². The Balaban J connectivity index is 2.28. The molecule has 0 saturated carbocycles. The van der Waals surface area contributed by atoms with E-state index in [1.807, 2.05) is 0 Å². The third-order valence-electron chi connectivity index (χ3n) is 4.64. The van der Waals surface area contributed by atoms with E-state index in [1.54, 1.807) is 20.8 Å². The molecule has 27 heavy (non-hydrogen) atoms. The van der Waals surface area contributed by atoms with Crippen LogP contribution in [-0.4, -0.2) is 37.6 Å². The topological polar surface area (TPSA) is 79.2 Å². The highest BCUT2D eigenvalue weighted by atomic mass is 19.4. The molecule has 0 radical (unpaired) electrons. The molecule has 1 aliphatic rings. The molecule has 0 spiro atoms. The number of carbonyl (C=O) groups is 1. The standard InChI is InChI=1S/C18H19F3N4O2/c1-17(2,3)11-8-25(16(26)27)9-12-13(11)14(18(19,20)21)24-15(23-12)10-4-6-22-7-5-10/h4-7,11H,8-9H2,1-3H3,(H,26,27). The maximum atomic E-state index is 13.9. The minimum atomic E-state index is -4.68. The number of amides is 1. The van der Waals surface area contributed by atoms with E-state index in [1.165, 1.54) is 24.5 Å². The van der Waals surface area contributed by atoms with Gasteiger partial charge in [-0.15, -0.1) is 0 Å². The van der Waals surface area contributed by atoms with Gasteiger partial charge >= 0.3 is 12.3 Å². The molecule has 6 nitrogen and oxygen atoms in total. The predicted molar refractivity (Wildman–Crippen MR) is 90.9 cm³/mol. The van der Waals surface area contributed by atoms with E-state index in [-0.39, 0.29) is 30.2 Å². The minimum absolute atomic E-state index is 0.00898. The number of halogens is 3. The Morgan fingerprint density at radius 2 is 1.81 bits per heavy atom. The van der Waals surface area contributed by atoms with E-state index in [4.69, 9.17) is 0 Å². The van der Waals surface area contributed by atoms with Gasteiger partial charge in [-0.2, -0.15) is 13.2 Å². The summed E-state index contributed by atoms with van der Waals surface area (Å²) < 4.78 is 41.6. The molecule has 1 amide bonds. The molecular weight excluding hydrogens is 361 g/mol. The lowest BCUT2D eigenvalue weighted by Gasteiger charge is -2.40. The fourth-order valence-corrected chi connectivity index (χ4v) is 3.26. The van der Waals surface area contributed by atoms with Gasteiger partial charge in [-0.1, -0.05) is 20.8 Å². The van der Waals surface area contributed by atoms with Crippen LogP contribution in [0.1, 0.15) is 43.6 Å². The Bertz CT molecular complexity index is 863. The highest BCUT2D eigenvalue weighted by Crippen LogP contribution is 2.45. The van der Waals surface area contributed by atoms with Crippen LogP contribution in [0.3, 0.4) is 0 Å². The van der Waals surface area contributed by atoms with Crippen molar-refractivity contribution in [1.82, 2.24) is 19.9 Å². The first-order valence-corrected chi connectivity index (χ1v) is 8.34. The molecule has 3 rings (SSSR count). The summed E-state index contributed by atoms with van der Waals surface area (Å²) in [5, 5.41) is 9.41. The monoisotopic (exact) mass is 380 g/mol. The van der Waals surface area contributed by atoms with Crippen LogP contribution in [0.15, 0.2) is 24.5 Å². The molecule has 144 valence electrons. The van der Waals surface area contributed by atoms with Gasteiger partial charge in [-0.25, -0.2) is 14.8 Å². The zero-order valence-electron chi connectivity index (χ0n) is 15.1.